The van der Waals surface area contributed by atoms with Crippen LogP contribution in [0.15, 0.2) is 4.52 Å². The minimum atomic E-state index is -0.176. The Morgan fingerprint density at radius 1 is 1.35 bits per heavy atom. The average Bonchev–Trinajstić information content (AvgIpc) is 2.56. The largest absolute Gasteiger partial charge is 0.361 e. The van der Waals surface area contributed by atoms with E-state index in [-0.39, 0.29) is 22.7 Å². The minimum absolute atomic E-state index is 0.00694. The fourth-order valence-corrected chi connectivity index (χ4v) is 1.91. The quantitative estimate of drug-likeness (QED) is 0.870. The zero-order valence-electron chi connectivity index (χ0n) is 10.9. The Kier molecular flexibility index (Phi) is 4.74. The highest BCUT2D eigenvalue weighted by atomic mass is 79.9. The van der Waals surface area contributed by atoms with E-state index in [9.17, 15) is 4.79 Å². The molecule has 0 aliphatic carbocycles. The van der Waals surface area contributed by atoms with Gasteiger partial charge in [-0.15, -0.1) is 0 Å². The summed E-state index contributed by atoms with van der Waals surface area (Å²) in [6, 6.07) is -0.0902. The third-order valence-electron chi connectivity index (χ3n) is 2.72. The summed E-state index contributed by atoms with van der Waals surface area (Å²) < 4.78 is 5.09. The van der Waals surface area contributed by atoms with Crippen LogP contribution in [0.3, 0.4) is 0 Å². The van der Waals surface area contributed by atoms with Gasteiger partial charge in [0.2, 0.25) is 5.91 Å². The summed E-state index contributed by atoms with van der Waals surface area (Å²) in [6.45, 7) is 9.66. The summed E-state index contributed by atoms with van der Waals surface area (Å²) >= 11 is 3.39. The molecule has 96 valence electrons. The first kappa shape index (κ1) is 14.2. The van der Waals surface area contributed by atoms with Crippen LogP contribution in [-0.2, 0) is 4.79 Å². The predicted octanol–water partition coefficient (Wildman–Crippen LogP) is 2.89. The zero-order valence-corrected chi connectivity index (χ0v) is 12.5. The predicted molar refractivity (Wildman–Crippen MR) is 70.1 cm³/mol. The number of hydrogen-bond donors (Lipinski definition) is 1. The summed E-state index contributed by atoms with van der Waals surface area (Å²) in [7, 11) is 0. The summed E-state index contributed by atoms with van der Waals surface area (Å²) in [5.74, 6) is 1.00. The smallest absolute Gasteiger partial charge is 0.234 e. The third-order valence-corrected chi connectivity index (χ3v) is 4.19. The van der Waals surface area contributed by atoms with Gasteiger partial charge in [0.25, 0.3) is 0 Å². The van der Waals surface area contributed by atoms with E-state index in [4.69, 9.17) is 4.52 Å². The molecule has 0 aliphatic heterocycles. The molecule has 0 radical (unpaired) electrons. The molecule has 1 heterocycles. The van der Waals surface area contributed by atoms with E-state index >= 15 is 0 Å². The third kappa shape index (κ3) is 3.31. The van der Waals surface area contributed by atoms with Gasteiger partial charge in [-0.25, -0.2) is 0 Å². The molecule has 1 aromatic heterocycles. The Hall–Kier alpha value is -0.840. The van der Waals surface area contributed by atoms with Gasteiger partial charge in [-0.05, 0) is 26.7 Å². The topological polar surface area (TPSA) is 55.1 Å². The maximum Gasteiger partial charge on any atom is 0.234 e. The molecule has 2 unspecified atom stereocenters. The molecule has 0 saturated carbocycles. The first-order valence-electron chi connectivity index (χ1n) is 5.71. The Bertz CT molecular complexity index is 382. The molecular formula is C12H19BrN2O2. The number of nitrogens with zero attached hydrogens (tertiary/aromatic N) is 1. The van der Waals surface area contributed by atoms with Crippen LogP contribution in [0, 0.1) is 19.8 Å². The molecule has 0 saturated heterocycles. The standard InChI is InChI=1S/C12H19BrN2O2/c1-6(2)11(13)12(16)14-7(3)10-8(4)15-17-9(10)5/h6-7,11H,1-5H3,(H,14,16). The molecule has 17 heavy (non-hydrogen) atoms. The van der Waals surface area contributed by atoms with E-state index in [0.29, 0.717) is 0 Å². The molecule has 0 fully saturated rings. The zero-order chi connectivity index (χ0) is 13.2. The summed E-state index contributed by atoms with van der Waals surface area (Å²) in [6.07, 6.45) is 0. The van der Waals surface area contributed by atoms with Gasteiger partial charge in [0, 0.05) is 5.56 Å². The number of aromatic nitrogens is 1. The van der Waals surface area contributed by atoms with Gasteiger partial charge in [0.15, 0.2) is 0 Å². The Morgan fingerprint density at radius 2 is 1.94 bits per heavy atom. The molecule has 1 N–H and O–H groups in total. The first-order chi connectivity index (χ1) is 7.84. The summed E-state index contributed by atoms with van der Waals surface area (Å²) in [5, 5.41) is 6.85. The van der Waals surface area contributed by atoms with E-state index in [1.807, 2.05) is 34.6 Å². The molecule has 5 heteroatoms. The molecule has 1 rings (SSSR count). The fourth-order valence-electron chi connectivity index (χ4n) is 1.78. The van der Waals surface area contributed by atoms with E-state index in [1.54, 1.807) is 0 Å². The number of alkyl halides is 1. The second-order valence-corrected chi connectivity index (χ2v) is 5.60. The van der Waals surface area contributed by atoms with Crippen molar-refractivity contribution in [2.45, 2.75) is 45.5 Å². The minimum Gasteiger partial charge on any atom is -0.361 e. The average molecular weight is 303 g/mol. The van der Waals surface area contributed by atoms with Crippen molar-refractivity contribution in [3.05, 3.63) is 17.0 Å². The molecular weight excluding hydrogens is 284 g/mol. The van der Waals surface area contributed by atoms with Crippen LogP contribution >= 0.6 is 15.9 Å². The molecule has 0 aromatic carbocycles. The number of carbonyl (C=O) groups excluding carboxylic acids is 1. The van der Waals surface area contributed by atoms with Crippen molar-refractivity contribution in [3.63, 3.8) is 0 Å². The normalized spacial score (nSPS) is 14.8. The van der Waals surface area contributed by atoms with Crippen LogP contribution in [0.25, 0.3) is 0 Å². The first-order valence-corrected chi connectivity index (χ1v) is 6.63. The molecule has 1 amide bonds. The van der Waals surface area contributed by atoms with Crippen LogP contribution in [0.2, 0.25) is 0 Å². The molecule has 0 spiro atoms. The summed E-state index contributed by atoms with van der Waals surface area (Å²) in [4.78, 5) is 11.7. The van der Waals surface area contributed by atoms with Crippen LogP contribution in [-0.4, -0.2) is 15.9 Å². The fraction of sp³-hybridized carbons (Fsp3) is 0.667. The number of nitrogens with one attached hydrogen (secondary N) is 1. The van der Waals surface area contributed by atoms with Crippen molar-refractivity contribution < 1.29 is 9.32 Å². The second-order valence-electron chi connectivity index (χ2n) is 4.61. The van der Waals surface area contributed by atoms with Gasteiger partial charge in [-0.2, -0.15) is 0 Å². The number of halogens is 1. The van der Waals surface area contributed by atoms with Crippen molar-refractivity contribution in [1.82, 2.24) is 10.5 Å². The number of rotatable bonds is 4. The molecule has 0 aliphatic rings. The number of amides is 1. The van der Waals surface area contributed by atoms with E-state index in [1.165, 1.54) is 0 Å². The highest BCUT2D eigenvalue weighted by Crippen LogP contribution is 2.22. The maximum absolute atomic E-state index is 11.9. The van der Waals surface area contributed by atoms with Crippen molar-refractivity contribution in [3.8, 4) is 0 Å². The van der Waals surface area contributed by atoms with Crippen molar-refractivity contribution in [2.75, 3.05) is 0 Å². The Labute approximate surface area is 110 Å². The van der Waals surface area contributed by atoms with E-state index in [0.717, 1.165) is 17.0 Å². The lowest BCUT2D eigenvalue weighted by atomic mass is 10.1. The Balaban J connectivity index is 2.73. The lowest BCUT2D eigenvalue weighted by molar-refractivity contribution is -0.121. The van der Waals surface area contributed by atoms with Crippen LogP contribution in [0.1, 0.15) is 43.8 Å². The summed E-state index contributed by atoms with van der Waals surface area (Å²) in [5.41, 5.74) is 1.78. The Morgan fingerprint density at radius 3 is 2.35 bits per heavy atom. The number of aryl methyl sites for hydroxylation is 2. The highest BCUT2D eigenvalue weighted by molar-refractivity contribution is 9.10. The van der Waals surface area contributed by atoms with Crippen LogP contribution < -0.4 is 5.32 Å². The van der Waals surface area contributed by atoms with Crippen molar-refractivity contribution in [2.24, 2.45) is 5.92 Å². The van der Waals surface area contributed by atoms with Gasteiger partial charge >= 0.3 is 0 Å². The lowest BCUT2D eigenvalue weighted by Crippen LogP contribution is -2.35. The number of carbonyl (C=O) groups is 1. The highest BCUT2D eigenvalue weighted by Gasteiger charge is 2.23. The van der Waals surface area contributed by atoms with E-state index in [2.05, 4.69) is 26.4 Å². The van der Waals surface area contributed by atoms with E-state index < -0.39 is 0 Å². The van der Waals surface area contributed by atoms with Crippen molar-refractivity contribution >= 4 is 21.8 Å². The monoisotopic (exact) mass is 302 g/mol. The van der Waals surface area contributed by atoms with Crippen LogP contribution in [0.4, 0.5) is 0 Å². The number of hydrogen-bond acceptors (Lipinski definition) is 3. The SMILES string of the molecule is Cc1noc(C)c1C(C)NC(=O)C(Br)C(C)C. The van der Waals surface area contributed by atoms with Crippen LogP contribution in [0.5, 0.6) is 0 Å². The molecule has 1 aromatic rings. The van der Waals surface area contributed by atoms with Gasteiger partial charge < -0.3 is 9.84 Å². The van der Waals surface area contributed by atoms with Gasteiger partial charge in [0.05, 0.1) is 16.6 Å². The van der Waals surface area contributed by atoms with Gasteiger partial charge in [-0.1, -0.05) is 34.9 Å². The van der Waals surface area contributed by atoms with Gasteiger partial charge in [-0.3, -0.25) is 4.79 Å². The second kappa shape index (κ2) is 5.67. The van der Waals surface area contributed by atoms with Gasteiger partial charge in [0.1, 0.15) is 5.76 Å². The lowest BCUT2D eigenvalue weighted by Gasteiger charge is -2.18. The molecule has 0 bridgehead atoms. The maximum atomic E-state index is 11.9. The van der Waals surface area contributed by atoms with Crippen molar-refractivity contribution in [1.29, 1.82) is 0 Å². The molecule has 2 atom stereocenters. The molecule has 4 nitrogen and oxygen atoms in total.